The summed E-state index contributed by atoms with van der Waals surface area (Å²) in [5, 5.41) is 27.5. The maximum Gasteiger partial charge on any atom is 0.490 e. The predicted octanol–water partition coefficient (Wildman–Crippen LogP) is 4.70. The fourth-order valence-corrected chi connectivity index (χ4v) is 2.50. The molecule has 1 heterocycles. The van der Waals surface area contributed by atoms with Crippen LogP contribution in [0.2, 0.25) is 0 Å². The van der Waals surface area contributed by atoms with Gasteiger partial charge in [-0.1, -0.05) is 18.2 Å². The van der Waals surface area contributed by atoms with Crippen molar-refractivity contribution in [3.63, 3.8) is 0 Å². The first-order valence-corrected chi connectivity index (χ1v) is 11.1. The lowest BCUT2D eigenvalue weighted by Gasteiger charge is -2.13. The summed E-state index contributed by atoms with van der Waals surface area (Å²) in [4.78, 5) is 43.9. The second-order valence-corrected chi connectivity index (χ2v) is 7.77. The molecule has 0 fully saturated rings. The quantitative estimate of drug-likeness (QED) is 0.163. The van der Waals surface area contributed by atoms with Crippen LogP contribution in [0.3, 0.4) is 0 Å². The van der Waals surface area contributed by atoms with Crippen LogP contribution in [-0.2, 0) is 20.8 Å². The van der Waals surface area contributed by atoms with Crippen molar-refractivity contribution < 1.29 is 65.0 Å². The maximum atomic E-state index is 13.2. The van der Waals surface area contributed by atoms with Crippen LogP contribution in [0.4, 0.5) is 42.1 Å². The van der Waals surface area contributed by atoms with Gasteiger partial charge in [0.2, 0.25) is 11.8 Å². The standard InChI is InChI=1S/C20H17FN4O4.2C2HF3O2/c21-14-2-1-3-15(11-14)24-20(26)18(22)10-13-4-7-17(8-5-13)29-19-9-6-16(12-23-19)25(27)28;2*3-2(4,5)1(6)7/h1-9,11-12,18H,10,22H2,(H,24,26);2*(H,6,7)/t18-;;/m0../s1. The summed E-state index contributed by atoms with van der Waals surface area (Å²) in [6.45, 7) is 0. The Morgan fingerprint density at radius 3 is 1.91 bits per heavy atom. The summed E-state index contributed by atoms with van der Waals surface area (Å²) < 4.78 is 82.2. The van der Waals surface area contributed by atoms with E-state index in [1.807, 2.05) is 0 Å². The Morgan fingerprint density at radius 1 is 0.953 bits per heavy atom. The van der Waals surface area contributed by atoms with Crippen molar-refractivity contribution >= 4 is 29.2 Å². The van der Waals surface area contributed by atoms with Crippen molar-refractivity contribution in [3.8, 4) is 11.6 Å². The number of amides is 1. The lowest BCUT2D eigenvalue weighted by Crippen LogP contribution is -2.37. The minimum Gasteiger partial charge on any atom is -0.475 e. The lowest BCUT2D eigenvalue weighted by atomic mass is 10.1. The molecule has 0 saturated carbocycles. The summed E-state index contributed by atoms with van der Waals surface area (Å²) in [5.74, 6) is -5.69. The molecule has 3 rings (SSSR count). The van der Waals surface area contributed by atoms with Gasteiger partial charge in [0.25, 0.3) is 5.69 Å². The van der Waals surface area contributed by atoms with Crippen LogP contribution < -0.4 is 15.8 Å². The molecule has 0 spiro atoms. The summed E-state index contributed by atoms with van der Waals surface area (Å²) in [5.41, 5.74) is 6.95. The SMILES string of the molecule is N[C@@H](Cc1ccc(Oc2ccc([N+](=O)[O-])cn2)cc1)C(=O)Nc1cccc(F)c1.O=C(O)C(F)(F)F.O=C(O)C(F)(F)F. The number of aromatic nitrogens is 1. The van der Waals surface area contributed by atoms with Crippen molar-refractivity contribution in [2.24, 2.45) is 5.73 Å². The summed E-state index contributed by atoms with van der Waals surface area (Å²) >= 11 is 0. The summed E-state index contributed by atoms with van der Waals surface area (Å²) in [6, 6.07) is 14.3. The van der Waals surface area contributed by atoms with E-state index in [0.29, 0.717) is 11.4 Å². The number of alkyl halides is 6. The fraction of sp³-hybridized carbons (Fsp3) is 0.167. The van der Waals surface area contributed by atoms with Crippen LogP contribution in [-0.4, -0.2) is 56.4 Å². The molecule has 0 aliphatic heterocycles. The highest BCUT2D eigenvalue weighted by atomic mass is 19.4. The van der Waals surface area contributed by atoms with Gasteiger partial charge in [-0.2, -0.15) is 26.3 Å². The topological polar surface area (TPSA) is 195 Å². The van der Waals surface area contributed by atoms with E-state index < -0.39 is 47.0 Å². The normalized spacial score (nSPS) is 11.4. The van der Waals surface area contributed by atoms with E-state index in [-0.39, 0.29) is 18.0 Å². The van der Waals surface area contributed by atoms with E-state index in [9.17, 15) is 45.6 Å². The predicted molar refractivity (Wildman–Crippen MR) is 131 cm³/mol. The molecule has 0 saturated heterocycles. The molecule has 0 aliphatic carbocycles. The number of carbonyl (C=O) groups excluding carboxylic acids is 1. The molecule has 5 N–H and O–H groups in total. The van der Waals surface area contributed by atoms with Crippen molar-refractivity contribution in [2.45, 2.75) is 24.8 Å². The number of carbonyl (C=O) groups is 3. The molecule has 43 heavy (non-hydrogen) atoms. The molecular formula is C24H19F7N4O8. The van der Waals surface area contributed by atoms with Gasteiger partial charge >= 0.3 is 24.3 Å². The first-order chi connectivity index (χ1) is 19.8. The molecule has 1 atom stereocenters. The number of nitrogens with zero attached hydrogens (tertiary/aromatic N) is 2. The number of aliphatic carboxylic acids is 2. The van der Waals surface area contributed by atoms with Gasteiger partial charge < -0.3 is 26.0 Å². The van der Waals surface area contributed by atoms with E-state index in [1.165, 1.54) is 30.3 Å². The fourth-order valence-electron chi connectivity index (χ4n) is 2.50. The molecule has 12 nitrogen and oxygen atoms in total. The van der Waals surface area contributed by atoms with Gasteiger partial charge in [-0.3, -0.25) is 14.9 Å². The van der Waals surface area contributed by atoms with Crippen molar-refractivity contribution in [1.82, 2.24) is 4.98 Å². The molecule has 232 valence electrons. The minimum absolute atomic E-state index is 0.127. The number of nitro groups is 1. The summed E-state index contributed by atoms with van der Waals surface area (Å²) in [7, 11) is 0. The second kappa shape index (κ2) is 15.6. The number of carboxylic acids is 2. The number of halogens is 7. The number of anilines is 1. The Bertz CT molecular complexity index is 1380. The van der Waals surface area contributed by atoms with Crippen molar-refractivity contribution in [2.75, 3.05) is 5.32 Å². The number of rotatable bonds is 7. The molecule has 0 aliphatic rings. The van der Waals surface area contributed by atoms with Crippen molar-refractivity contribution in [3.05, 3.63) is 88.4 Å². The van der Waals surface area contributed by atoms with E-state index in [1.54, 1.807) is 30.3 Å². The average molecular weight is 624 g/mol. The highest BCUT2D eigenvalue weighted by Gasteiger charge is 2.38. The van der Waals surface area contributed by atoms with Gasteiger partial charge in [-0.15, -0.1) is 0 Å². The number of nitrogens with one attached hydrogen (secondary N) is 1. The van der Waals surface area contributed by atoms with Gasteiger partial charge in [-0.05, 0) is 42.3 Å². The largest absolute Gasteiger partial charge is 0.490 e. The number of nitrogens with two attached hydrogens (primary N) is 1. The van der Waals surface area contributed by atoms with Crippen LogP contribution in [0.1, 0.15) is 5.56 Å². The third-order valence-electron chi connectivity index (χ3n) is 4.45. The first kappa shape index (κ1) is 35.7. The smallest absolute Gasteiger partial charge is 0.475 e. The monoisotopic (exact) mass is 624 g/mol. The first-order valence-electron chi connectivity index (χ1n) is 11.1. The molecule has 0 unspecified atom stereocenters. The van der Waals surface area contributed by atoms with Gasteiger partial charge in [0.05, 0.1) is 11.0 Å². The number of ether oxygens (including phenoxy) is 1. The molecule has 1 aromatic heterocycles. The minimum atomic E-state index is -5.08. The highest BCUT2D eigenvalue weighted by Crippen LogP contribution is 2.22. The molecule has 3 aromatic rings. The Hall–Kier alpha value is -5.33. The molecule has 0 bridgehead atoms. The molecular weight excluding hydrogens is 605 g/mol. The van der Waals surface area contributed by atoms with E-state index >= 15 is 0 Å². The molecule has 1 amide bonds. The number of benzene rings is 2. The number of carboxylic acid groups (broad SMARTS) is 2. The number of pyridine rings is 1. The van der Waals surface area contributed by atoms with Crippen molar-refractivity contribution in [1.29, 1.82) is 0 Å². The average Bonchev–Trinajstić information content (AvgIpc) is 2.89. The molecule has 0 radical (unpaired) electrons. The van der Waals surface area contributed by atoms with E-state index in [2.05, 4.69) is 10.3 Å². The molecule has 19 heteroatoms. The summed E-state index contributed by atoms with van der Waals surface area (Å²) in [6.07, 6.45) is -8.78. The second-order valence-electron chi connectivity index (χ2n) is 7.77. The van der Waals surface area contributed by atoms with Gasteiger partial charge in [0.15, 0.2) is 0 Å². The van der Waals surface area contributed by atoms with Crippen LogP contribution in [0.25, 0.3) is 0 Å². The van der Waals surface area contributed by atoms with E-state index in [0.717, 1.165) is 11.8 Å². The zero-order valence-corrected chi connectivity index (χ0v) is 21.1. The van der Waals surface area contributed by atoms with Gasteiger partial charge in [-0.25, -0.2) is 19.0 Å². The highest BCUT2D eigenvalue weighted by molar-refractivity contribution is 5.94. The van der Waals surface area contributed by atoms with Gasteiger partial charge in [0, 0.05) is 17.8 Å². The van der Waals surface area contributed by atoms with Crippen LogP contribution in [0.5, 0.6) is 11.6 Å². The van der Waals surface area contributed by atoms with Gasteiger partial charge in [0.1, 0.15) is 17.8 Å². The Kier molecular flexibility index (Phi) is 13.0. The third-order valence-corrected chi connectivity index (χ3v) is 4.45. The lowest BCUT2D eigenvalue weighted by molar-refractivity contribution is -0.385. The zero-order valence-electron chi connectivity index (χ0n) is 21.1. The Morgan fingerprint density at radius 2 is 1.49 bits per heavy atom. The van der Waals surface area contributed by atoms with E-state index in [4.69, 9.17) is 30.3 Å². The number of hydrogen-bond donors (Lipinski definition) is 4. The van der Waals surface area contributed by atoms with Crippen LogP contribution in [0, 0.1) is 15.9 Å². The zero-order chi connectivity index (χ0) is 33.0. The molecule has 2 aromatic carbocycles. The third kappa shape index (κ3) is 13.7. The van der Waals surface area contributed by atoms with Crippen LogP contribution in [0.15, 0.2) is 66.9 Å². The Labute approximate surface area is 235 Å². The number of hydrogen-bond acceptors (Lipinski definition) is 8. The Balaban J connectivity index is 0.000000548. The van der Waals surface area contributed by atoms with Crippen LogP contribution >= 0.6 is 0 Å². The maximum absolute atomic E-state index is 13.2.